The van der Waals surface area contributed by atoms with Gasteiger partial charge in [0.25, 0.3) is 5.91 Å². The Kier molecular flexibility index (Phi) is 5.16. The molecule has 1 aromatic carbocycles. The van der Waals surface area contributed by atoms with Crippen molar-refractivity contribution in [2.24, 2.45) is 0 Å². The van der Waals surface area contributed by atoms with E-state index in [4.69, 9.17) is 5.10 Å². The molecule has 5 rings (SSSR count). The van der Waals surface area contributed by atoms with Gasteiger partial charge in [-0.1, -0.05) is 25.0 Å². The molecule has 2 amide bonds. The van der Waals surface area contributed by atoms with Crippen LogP contribution in [0.2, 0.25) is 0 Å². The van der Waals surface area contributed by atoms with Crippen molar-refractivity contribution in [1.29, 1.82) is 0 Å². The fourth-order valence-corrected chi connectivity index (χ4v) is 5.49. The molecule has 0 saturated heterocycles. The van der Waals surface area contributed by atoms with Crippen LogP contribution >= 0.6 is 11.3 Å². The number of fused-ring (bicyclic) bond motifs is 1. The first kappa shape index (κ1) is 20.9. The molecule has 2 aromatic heterocycles. The maximum absolute atomic E-state index is 13.8. The van der Waals surface area contributed by atoms with Gasteiger partial charge in [0.05, 0.1) is 11.4 Å². The normalized spacial score (nSPS) is 21.1. The largest absolute Gasteiger partial charge is 0.351 e. The number of rotatable bonds is 4. The van der Waals surface area contributed by atoms with Gasteiger partial charge in [-0.25, -0.2) is 0 Å². The minimum atomic E-state index is -1.08. The molecular weight excluding hydrogens is 420 g/mol. The van der Waals surface area contributed by atoms with Gasteiger partial charge in [-0.15, -0.1) is 11.3 Å². The number of aryl methyl sites for hydroxylation is 2. The number of thiophene rings is 1. The van der Waals surface area contributed by atoms with E-state index >= 15 is 0 Å². The van der Waals surface area contributed by atoms with Gasteiger partial charge in [0.1, 0.15) is 16.9 Å². The quantitative estimate of drug-likeness (QED) is 0.629. The van der Waals surface area contributed by atoms with Crippen LogP contribution in [0.1, 0.15) is 54.2 Å². The van der Waals surface area contributed by atoms with Crippen molar-refractivity contribution in [2.45, 2.75) is 64.6 Å². The zero-order valence-corrected chi connectivity index (χ0v) is 19.5. The third-order valence-corrected chi connectivity index (χ3v) is 7.75. The summed E-state index contributed by atoms with van der Waals surface area (Å²) in [6.07, 6.45) is 4.26. The van der Waals surface area contributed by atoms with Crippen LogP contribution in [-0.4, -0.2) is 33.2 Å². The van der Waals surface area contributed by atoms with Crippen LogP contribution in [0.4, 0.5) is 5.69 Å². The lowest BCUT2D eigenvalue weighted by Gasteiger charge is -2.43. The van der Waals surface area contributed by atoms with E-state index < -0.39 is 5.54 Å². The number of aromatic nitrogens is 2. The molecule has 1 saturated carbocycles. The van der Waals surface area contributed by atoms with E-state index in [0.29, 0.717) is 12.2 Å². The van der Waals surface area contributed by atoms with Crippen LogP contribution < -0.4 is 10.2 Å². The molecule has 0 spiro atoms. The molecule has 7 heteroatoms. The predicted molar refractivity (Wildman–Crippen MR) is 127 cm³/mol. The second-order valence-electron chi connectivity index (χ2n) is 9.19. The van der Waals surface area contributed by atoms with Crippen LogP contribution in [0.3, 0.4) is 0 Å². The number of hydrogen-bond donors (Lipinski definition) is 1. The van der Waals surface area contributed by atoms with Gasteiger partial charge < -0.3 is 5.32 Å². The average molecular weight is 449 g/mol. The highest BCUT2D eigenvalue weighted by atomic mass is 32.1. The van der Waals surface area contributed by atoms with Crippen molar-refractivity contribution in [3.63, 3.8) is 0 Å². The van der Waals surface area contributed by atoms with Crippen molar-refractivity contribution < 1.29 is 9.59 Å². The van der Waals surface area contributed by atoms with Gasteiger partial charge >= 0.3 is 0 Å². The predicted octanol–water partition coefficient (Wildman–Crippen LogP) is 4.71. The third kappa shape index (κ3) is 3.45. The third-order valence-electron chi connectivity index (χ3n) is 6.86. The average Bonchev–Trinajstić information content (AvgIpc) is 3.51. The van der Waals surface area contributed by atoms with Crippen molar-refractivity contribution in [2.75, 3.05) is 4.90 Å². The Balaban J connectivity index is 1.59. The SMILES string of the molecule is Cc1ccc(N2C(=O)c3cc(-c4cccs4)nn3CC2(C)C(=O)NC2CCCC2)cc1C. The molecule has 1 fully saturated rings. The van der Waals surface area contributed by atoms with Gasteiger partial charge in [0, 0.05) is 11.7 Å². The number of amides is 2. The van der Waals surface area contributed by atoms with Gasteiger partial charge in [-0.2, -0.15) is 5.10 Å². The summed E-state index contributed by atoms with van der Waals surface area (Å²) in [5.74, 6) is -0.311. The molecule has 6 nitrogen and oxygen atoms in total. The molecule has 1 unspecified atom stereocenters. The summed E-state index contributed by atoms with van der Waals surface area (Å²) in [5, 5.41) is 9.94. The van der Waals surface area contributed by atoms with E-state index in [-0.39, 0.29) is 17.9 Å². The molecule has 1 atom stereocenters. The van der Waals surface area contributed by atoms with Crippen molar-refractivity contribution in [3.8, 4) is 10.6 Å². The molecule has 32 heavy (non-hydrogen) atoms. The van der Waals surface area contributed by atoms with E-state index in [0.717, 1.165) is 53.1 Å². The fraction of sp³-hybridized carbons (Fsp3) is 0.400. The fourth-order valence-electron chi connectivity index (χ4n) is 4.81. The molecule has 1 N–H and O–H groups in total. The molecule has 2 aliphatic rings. The number of carbonyl (C=O) groups is 2. The number of nitrogens with one attached hydrogen (secondary N) is 1. The Hall–Kier alpha value is -2.93. The van der Waals surface area contributed by atoms with E-state index in [1.807, 2.05) is 62.5 Å². The van der Waals surface area contributed by atoms with Crippen LogP contribution in [-0.2, 0) is 11.3 Å². The topological polar surface area (TPSA) is 67.2 Å². The standard InChI is InChI=1S/C25H28N4O2S/c1-16-10-11-19(13-17(16)2)29-23(30)21-14-20(22-9-6-12-32-22)27-28(21)15-25(29,3)24(31)26-18-7-4-5-8-18/h6,9-14,18H,4-5,7-8,15H2,1-3H3,(H,26,31). The lowest BCUT2D eigenvalue weighted by atomic mass is 9.93. The highest BCUT2D eigenvalue weighted by Gasteiger charge is 2.49. The Bertz CT molecular complexity index is 1180. The zero-order chi connectivity index (χ0) is 22.5. The summed E-state index contributed by atoms with van der Waals surface area (Å²) in [4.78, 5) is 30.2. The number of benzene rings is 1. The molecule has 1 aliphatic carbocycles. The smallest absolute Gasteiger partial charge is 0.277 e. The summed E-state index contributed by atoms with van der Waals surface area (Å²) in [7, 11) is 0. The molecule has 0 bridgehead atoms. The Morgan fingerprint density at radius 1 is 1.16 bits per heavy atom. The van der Waals surface area contributed by atoms with Gasteiger partial charge in [-0.3, -0.25) is 19.2 Å². The zero-order valence-electron chi connectivity index (χ0n) is 18.7. The number of nitrogens with zero attached hydrogens (tertiary/aromatic N) is 3. The molecule has 0 radical (unpaired) electrons. The van der Waals surface area contributed by atoms with E-state index in [2.05, 4.69) is 5.32 Å². The van der Waals surface area contributed by atoms with Crippen LogP contribution in [0.15, 0.2) is 41.8 Å². The van der Waals surface area contributed by atoms with Crippen molar-refractivity contribution in [3.05, 3.63) is 58.6 Å². The van der Waals surface area contributed by atoms with Crippen LogP contribution in [0.5, 0.6) is 0 Å². The first-order valence-corrected chi connectivity index (χ1v) is 12.1. The van der Waals surface area contributed by atoms with Crippen LogP contribution in [0, 0.1) is 13.8 Å². The van der Waals surface area contributed by atoms with E-state index in [9.17, 15) is 9.59 Å². The van der Waals surface area contributed by atoms with Crippen LogP contribution in [0.25, 0.3) is 10.6 Å². The summed E-state index contributed by atoms with van der Waals surface area (Å²) >= 11 is 1.59. The molecule has 166 valence electrons. The lowest BCUT2D eigenvalue weighted by molar-refractivity contribution is -0.127. The van der Waals surface area contributed by atoms with Gasteiger partial charge in [0.2, 0.25) is 5.91 Å². The molecule has 1 aliphatic heterocycles. The first-order valence-electron chi connectivity index (χ1n) is 11.2. The van der Waals surface area contributed by atoms with E-state index in [1.165, 1.54) is 0 Å². The molecule has 3 heterocycles. The number of anilines is 1. The summed E-state index contributed by atoms with van der Waals surface area (Å²) in [6.45, 7) is 6.25. The molecule has 3 aromatic rings. The minimum Gasteiger partial charge on any atom is -0.351 e. The summed E-state index contributed by atoms with van der Waals surface area (Å²) < 4.78 is 1.71. The highest BCUT2D eigenvalue weighted by Crippen LogP contribution is 2.36. The Morgan fingerprint density at radius 2 is 1.94 bits per heavy atom. The lowest BCUT2D eigenvalue weighted by Crippen LogP contribution is -2.65. The Labute approximate surface area is 192 Å². The Morgan fingerprint density at radius 3 is 2.62 bits per heavy atom. The maximum atomic E-state index is 13.8. The summed E-state index contributed by atoms with van der Waals surface area (Å²) in [5.41, 5.74) is 3.19. The second kappa shape index (κ2) is 7.89. The number of hydrogen-bond acceptors (Lipinski definition) is 4. The second-order valence-corrected chi connectivity index (χ2v) is 10.1. The first-order chi connectivity index (χ1) is 15.4. The highest BCUT2D eigenvalue weighted by molar-refractivity contribution is 7.13. The summed E-state index contributed by atoms with van der Waals surface area (Å²) in [6, 6.07) is 11.9. The van der Waals surface area contributed by atoms with Gasteiger partial charge in [0.15, 0.2) is 0 Å². The van der Waals surface area contributed by atoms with Crippen molar-refractivity contribution in [1.82, 2.24) is 15.1 Å². The number of carbonyl (C=O) groups excluding carboxylic acids is 2. The molecular formula is C25H28N4O2S. The van der Waals surface area contributed by atoms with Gasteiger partial charge in [-0.05, 0) is 74.4 Å². The maximum Gasteiger partial charge on any atom is 0.277 e. The minimum absolute atomic E-state index is 0.116. The monoisotopic (exact) mass is 448 g/mol. The van der Waals surface area contributed by atoms with E-state index in [1.54, 1.807) is 20.9 Å². The van der Waals surface area contributed by atoms with Crippen molar-refractivity contribution >= 4 is 28.8 Å².